The molecule has 2 amide bonds. The van der Waals surface area contributed by atoms with Gasteiger partial charge >= 0.3 is 0 Å². The van der Waals surface area contributed by atoms with Gasteiger partial charge in [-0.2, -0.15) is 5.10 Å². The molecule has 2 rings (SSSR count). The summed E-state index contributed by atoms with van der Waals surface area (Å²) in [6.07, 6.45) is 9.06. The minimum atomic E-state index is -0.0899. The maximum Gasteiger partial charge on any atom is 0.237 e. The summed E-state index contributed by atoms with van der Waals surface area (Å²) in [6, 6.07) is -0.0899. The highest BCUT2D eigenvalue weighted by atomic mass is 16.2. The summed E-state index contributed by atoms with van der Waals surface area (Å²) in [4.78, 5) is 26.1. The van der Waals surface area contributed by atoms with Crippen LogP contribution in [0.3, 0.4) is 0 Å². The molecule has 1 aromatic heterocycles. The van der Waals surface area contributed by atoms with E-state index in [4.69, 9.17) is 0 Å². The maximum atomic E-state index is 12.2. The zero-order valence-electron chi connectivity index (χ0n) is 13.8. The molecule has 1 fully saturated rings. The van der Waals surface area contributed by atoms with Crippen LogP contribution in [0.1, 0.15) is 45.4 Å². The van der Waals surface area contributed by atoms with Crippen molar-refractivity contribution < 1.29 is 9.59 Å². The van der Waals surface area contributed by atoms with E-state index in [1.807, 2.05) is 6.92 Å². The first-order valence-electron chi connectivity index (χ1n) is 8.47. The second-order valence-electron chi connectivity index (χ2n) is 6.06. The Kier molecular flexibility index (Phi) is 7.06. The normalized spacial score (nSPS) is 17.3. The van der Waals surface area contributed by atoms with Gasteiger partial charge in [0.1, 0.15) is 0 Å². The number of aromatic amines is 1. The van der Waals surface area contributed by atoms with Crippen LogP contribution in [-0.4, -0.2) is 52.6 Å². The molecule has 1 atom stereocenters. The second-order valence-corrected chi connectivity index (χ2v) is 6.06. The van der Waals surface area contributed by atoms with Crippen LogP contribution in [0.15, 0.2) is 12.4 Å². The van der Waals surface area contributed by atoms with E-state index in [1.165, 1.54) is 25.7 Å². The van der Waals surface area contributed by atoms with Crippen molar-refractivity contribution in [3.05, 3.63) is 12.4 Å². The van der Waals surface area contributed by atoms with Crippen molar-refractivity contribution in [2.24, 2.45) is 0 Å². The zero-order valence-corrected chi connectivity index (χ0v) is 13.8. The lowest BCUT2D eigenvalue weighted by atomic mass is 10.2. The van der Waals surface area contributed by atoms with Crippen LogP contribution in [0.4, 0.5) is 5.69 Å². The number of hydrogen-bond donors (Lipinski definition) is 3. The predicted molar refractivity (Wildman–Crippen MR) is 89.0 cm³/mol. The minimum Gasteiger partial charge on any atom is -0.355 e. The molecule has 2 heterocycles. The fourth-order valence-electron chi connectivity index (χ4n) is 2.80. The van der Waals surface area contributed by atoms with Gasteiger partial charge in [0.25, 0.3) is 0 Å². The maximum absolute atomic E-state index is 12.2. The number of carbonyl (C=O) groups excluding carboxylic acids is 2. The third-order valence-electron chi connectivity index (χ3n) is 4.23. The SMILES string of the molecule is C[C@H](C(=O)NCCCC(=O)Nc1cn[nH]c1)N1CCCCCC1. The van der Waals surface area contributed by atoms with Gasteiger partial charge in [0.15, 0.2) is 0 Å². The van der Waals surface area contributed by atoms with E-state index < -0.39 is 0 Å². The molecule has 1 aromatic rings. The van der Waals surface area contributed by atoms with E-state index in [0.717, 1.165) is 13.1 Å². The van der Waals surface area contributed by atoms with Gasteiger partial charge in [-0.25, -0.2) is 0 Å². The monoisotopic (exact) mass is 321 g/mol. The molecule has 0 aliphatic carbocycles. The highest BCUT2D eigenvalue weighted by Gasteiger charge is 2.21. The molecular formula is C16H27N5O2. The van der Waals surface area contributed by atoms with Crippen LogP contribution < -0.4 is 10.6 Å². The molecule has 1 aliphatic heterocycles. The first kappa shape index (κ1) is 17.5. The Morgan fingerprint density at radius 1 is 1.30 bits per heavy atom. The Morgan fingerprint density at radius 2 is 2.04 bits per heavy atom. The van der Waals surface area contributed by atoms with Crippen LogP contribution in [0.2, 0.25) is 0 Å². The van der Waals surface area contributed by atoms with E-state index in [1.54, 1.807) is 12.4 Å². The van der Waals surface area contributed by atoms with E-state index in [-0.39, 0.29) is 17.9 Å². The lowest BCUT2D eigenvalue weighted by Gasteiger charge is -2.26. The van der Waals surface area contributed by atoms with Crippen molar-refractivity contribution >= 4 is 17.5 Å². The first-order chi connectivity index (χ1) is 11.2. The van der Waals surface area contributed by atoms with E-state index in [2.05, 4.69) is 25.7 Å². The van der Waals surface area contributed by atoms with E-state index in [9.17, 15) is 9.59 Å². The molecule has 3 N–H and O–H groups in total. The van der Waals surface area contributed by atoms with Crippen LogP contribution in [0.5, 0.6) is 0 Å². The van der Waals surface area contributed by atoms with Crippen molar-refractivity contribution in [1.29, 1.82) is 0 Å². The summed E-state index contributed by atoms with van der Waals surface area (Å²) >= 11 is 0. The van der Waals surface area contributed by atoms with E-state index >= 15 is 0 Å². The van der Waals surface area contributed by atoms with Crippen LogP contribution in [0.25, 0.3) is 0 Å². The Labute approximate surface area is 137 Å². The summed E-state index contributed by atoms with van der Waals surface area (Å²) in [6.45, 7) is 4.49. The molecule has 1 saturated heterocycles. The average molecular weight is 321 g/mol. The van der Waals surface area contributed by atoms with Crippen molar-refractivity contribution in [3.63, 3.8) is 0 Å². The molecule has 0 aromatic carbocycles. The lowest BCUT2D eigenvalue weighted by Crippen LogP contribution is -2.45. The Morgan fingerprint density at radius 3 is 2.70 bits per heavy atom. The fourth-order valence-corrected chi connectivity index (χ4v) is 2.80. The molecule has 1 aliphatic rings. The van der Waals surface area contributed by atoms with Crippen LogP contribution >= 0.6 is 0 Å². The Bertz CT molecular complexity index is 481. The summed E-state index contributed by atoms with van der Waals surface area (Å²) in [5.41, 5.74) is 0.661. The average Bonchev–Trinajstić information content (AvgIpc) is 2.90. The quantitative estimate of drug-likeness (QED) is 0.664. The van der Waals surface area contributed by atoms with Gasteiger partial charge in [-0.15, -0.1) is 0 Å². The van der Waals surface area contributed by atoms with Gasteiger partial charge in [-0.05, 0) is 39.3 Å². The lowest BCUT2D eigenvalue weighted by molar-refractivity contribution is -0.126. The van der Waals surface area contributed by atoms with Gasteiger partial charge in [-0.1, -0.05) is 12.8 Å². The molecule has 0 bridgehead atoms. The number of likely N-dealkylation sites (tertiary alicyclic amines) is 1. The first-order valence-corrected chi connectivity index (χ1v) is 8.47. The third kappa shape index (κ3) is 6.02. The van der Waals surface area contributed by atoms with Crippen molar-refractivity contribution in [2.45, 2.75) is 51.5 Å². The molecule has 7 nitrogen and oxygen atoms in total. The molecule has 0 spiro atoms. The third-order valence-corrected chi connectivity index (χ3v) is 4.23. The fraction of sp³-hybridized carbons (Fsp3) is 0.688. The number of anilines is 1. The van der Waals surface area contributed by atoms with Gasteiger partial charge in [0.2, 0.25) is 11.8 Å². The highest BCUT2D eigenvalue weighted by Crippen LogP contribution is 2.12. The number of rotatable bonds is 7. The van der Waals surface area contributed by atoms with Crippen molar-refractivity contribution in [1.82, 2.24) is 20.4 Å². The number of aromatic nitrogens is 2. The summed E-state index contributed by atoms with van der Waals surface area (Å²) in [5.74, 6) is -0.0108. The molecule has 128 valence electrons. The second kappa shape index (κ2) is 9.29. The van der Waals surface area contributed by atoms with Gasteiger partial charge in [0.05, 0.1) is 17.9 Å². The molecule has 0 unspecified atom stereocenters. The number of carbonyl (C=O) groups is 2. The predicted octanol–water partition coefficient (Wildman–Crippen LogP) is 1.51. The van der Waals surface area contributed by atoms with E-state index in [0.29, 0.717) is 25.1 Å². The zero-order chi connectivity index (χ0) is 16.5. The molecule has 23 heavy (non-hydrogen) atoms. The summed E-state index contributed by atoms with van der Waals surface area (Å²) in [7, 11) is 0. The van der Waals surface area contributed by atoms with Gasteiger partial charge in [0, 0.05) is 19.2 Å². The Balaban J connectivity index is 1.61. The molecule has 0 radical (unpaired) electrons. The van der Waals surface area contributed by atoms with Crippen molar-refractivity contribution in [2.75, 3.05) is 25.0 Å². The van der Waals surface area contributed by atoms with Crippen LogP contribution in [0, 0.1) is 0 Å². The summed E-state index contributed by atoms with van der Waals surface area (Å²) in [5, 5.41) is 12.1. The highest BCUT2D eigenvalue weighted by molar-refractivity contribution is 5.90. The molecular weight excluding hydrogens is 294 g/mol. The number of hydrogen-bond acceptors (Lipinski definition) is 4. The van der Waals surface area contributed by atoms with Crippen molar-refractivity contribution in [3.8, 4) is 0 Å². The number of nitrogens with one attached hydrogen (secondary N) is 3. The topological polar surface area (TPSA) is 90.1 Å². The smallest absolute Gasteiger partial charge is 0.237 e. The largest absolute Gasteiger partial charge is 0.355 e. The number of amides is 2. The van der Waals surface area contributed by atoms with Gasteiger partial charge in [-0.3, -0.25) is 19.6 Å². The minimum absolute atomic E-state index is 0.0575. The number of nitrogens with zero attached hydrogens (tertiary/aromatic N) is 2. The standard InChI is InChI=1S/C16H27N5O2/c1-13(21-9-4-2-3-5-10-21)16(23)17-8-6-7-15(22)20-14-11-18-19-12-14/h11-13H,2-10H2,1H3,(H,17,23)(H,18,19)(H,20,22)/t13-/m1/s1. The molecule has 0 saturated carbocycles. The van der Waals surface area contributed by atoms with Crippen LogP contribution in [-0.2, 0) is 9.59 Å². The number of H-pyrrole nitrogens is 1. The summed E-state index contributed by atoms with van der Waals surface area (Å²) < 4.78 is 0. The Hall–Kier alpha value is -1.89. The molecule has 7 heteroatoms. The van der Waals surface area contributed by atoms with Gasteiger partial charge < -0.3 is 10.6 Å².